The van der Waals surface area contributed by atoms with E-state index >= 15 is 0 Å². The highest BCUT2D eigenvalue weighted by Crippen LogP contribution is 2.31. The molecule has 0 radical (unpaired) electrons. The van der Waals surface area contributed by atoms with E-state index in [0.29, 0.717) is 25.7 Å². The summed E-state index contributed by atoms with van der Waals surface area (Å²) in [7, 11) is -2.24. The average Bonchev–Trinajstić information content (AvgIpc) is 2.30. The van der Waals surface area contributed by atoms with Gasteiger partial charge in [-0.15, -0.1) is 46.9 Å². The SMILES string of the molecule is C#CCC(CC=C)O[P+](=O)OC(CC#C)CC=C. The second-order valence-corrected chi connectivity index (χ2v) is 4.41. The van der Waals surface area contributed by atoms with E-state index in [4.69, 9.17) is 21.9 Å². The molecule has 0 aromatic carbocycles. The monoisotopic (exact) mass is 265 g/mol. The molecule has 0 N–H and O–H groups in total. The Bertz CT molecular complexity index is 328. The lowest BCUT2D eigenvalue weighted by Crippen LogP contribution is -2.11. The average molecular weight is 265 g/mol. The minimum atomic E-state index is -2.24. The first-order valence-electron chi connectivity index (χ1n) is 5.57. The standard InChI is InChI=1S/C14H18O3P/c1-5-9-13(10-6-2)16-18(15)17-14(11-7-3)12-8-4/h1,3,6,8,13-14H,2,4,9-12H2/q+1. The highest BCUT2D eigenvalue weighted by Gasteiger charge is 2.30. The van der Waals surface area contributed by atoms with E-state index in [-0.39, 0.29) is 12.2 Å². The van der Waals surface area contributed by atoms with E-state index in [9.17, 15) is 4.57 Å². The van der Waals surface area contributed by atoms with Crippen molar-refractivity contribution < 1.29 is 13.6 Å². The molecule has 0 aromatic heterocycles. The normalized spacial score (nSPS) is 13.8. The van der Waals surface area contributed by atoms with Crippen molar-refractivity contribution in [3.05, 3.63) is 25.3 Å². The number of rotatable bonds is 10. The zero-order chi connectivity index (χ0) is 13.8. The lowest BCUT2D eigenvalue weighted by atomic mass is 10.2. The lowest BCUT2D eigenvalue weighted by molar-refractivity contribution is 0.135. The van der Waals surface area contributed by atoms with Crippen molar-refractivity contribution in [1.82, 2.24) is 0 Å². The van der Waals surface area contributed by atoms with E-state index in [2.05, 4.69) is 25.0 Å². The fraction of sp³-hybridized carbons (Fsp3) is 0.429. The van der Waals surface area contributed by atoms with Crippen LogP contribution in [0.1, 0.15) is 25.7 Å². The Labute approximate surface area is 110 Å². The molecular weight excluding hydrogens is 247 g/mol. The highest BCUT2D eigenvalue weighted by molar-refractivity contribution is 7.33. The van der Waals surface area contributed by atoms with Gasteiger partial charge in [-0.25, -0.2) is 0 Å². The van der Waals surface area contributed by atoms with Crippen LogP contribution in [0, 0.1) is 24.7 Å². The van der Waals surface area contributed by atoms with Crippen LogP contribution < -0.4 is 0 Å². The predicted octanol–water partition coefficient (Wildman–Crippen LogP) is 3.61. The molecule has 0 aliphatic heterocycles. The third-order valence-electron chi connectivity index (χ3n) is 2.02. The van der Waals surface area contributed by atoms with Crippen LogP contribution in [0.5, 0.6) is 0 Å². The maximum Gasteiger partial charge on any atom is 0.698 e. The Morgan fingerprint density at radius 3 is 1.72 bits per heavy atom. The van der Waals surface area contributed by atoms with Crippen molar-refractivity contribution in [3.8, 4) is 24.7 Å². The van der Waals surface area contributed by atoms with Gasteiger partial charge in [0.05, 0.1) is 0 Å². The second-order valence-electron chi connectivity index (χ2n) is 3.54. The van der Waals surface area contributed by atoms with E-state index in [1.807, 2.05) is 0 Å². The Morgan fingerprint density at radius 2 is 1.44 bits per heavy atom. The maximum absolute atomic E-state index is 11.7. The highest BCUT2D eigenvalue weighted by atomic mass is 31.1. The summed E-state index contributed by atoms with van der Waals surface area (Å²) in [5.74, 6) is 4.91. The summed E-state index contributed by atoms with van der Waals surface area (Å²) < 4.78 is 22.1. The Kier molecular flexibility index (Phi) is 9.93. The molecular formula is C14H18O3P+. The predicted molar refractivity (Wildman–Crippen MR) is 73.9 cm³/mol. The van der Waals surface area contributed by atoms with E-state index in [1.54, 1.807) is 12.2 Å². The second kappa shape index (κ2) is 10.8. The van der Waals surface area contributed by atoms with Gasteiger partial charge in [0, 0.05) is 17.4 Å². The van der Waals surface area contributed by atoms with Gasteiger partial charge in [0.1, 0.15) is 12.2 Å². The first-order chi connectivity index (χ1) is 8.67. The summed E-state index contributed by atoms with van der Waals surface area (Å²) in [5, 5.41) is 0. The molecule has 0 amide bonds. The van der Waals surface area contributed by atoms with E-state index in [0.717, 1.165) is 0 Å². The first kappa shape index (κ1) is 16.6. The van der Waals surface area contributed by atoms with E-state index < -0.39 is 8.25 Å². The molecule has 18 heavy (non-hydrogen) atoms. The van der Waals surface area contributed by atoms with Crippen LogP contribution in [0.25, 0.3) is 0 Å². The van der Waals surface area contributed by atoms with Gasteiger partial charge in [0.2, 0.25) is 0 Å². The van der Waals surface area contributed by atoms with Crippen molar-refractivity contribution in [3.63, 3.8) is 0 Å². The van der Waals surface area contributed by atoms with Gasteiger partial charge < -0.3 is 0 Å². The quantitative estimate of drug-likeness (QED) is 0.344. The van der Waals surface area contributed by atoms with Gasteiger partial charge >= 0.3 is 8.25 Å². The van der Waals surface area contributed by atoms with Crippen LogP contribution in [0.3, 0.4) is 0 Å². The largest absolute Gasteiger partial charge is 0.698 e. The molecule has 0 bridgehead atoms. The van der Waals surface area contributed by atoms with Gasteiger partial charge in [-0.3, -0.25) is 0 Å². The molecule has 0 spiro atoms. The molecule has 0 fully saturated rings. The summed E-state index contributed by atoms with van der Waals surface area (Å²) in [6.07, 6.45) is 14.8. The summed E-state index contributed by atoms with van der Waals surface area (Å²) in [6, 6.07) is 0. The van der Waals surface area contributed by atoms with Crippen LogP contribution >= 0.6 is 8.25 Å². The summed E-state index contributed by atoms with van der Waals surface area (Å²) in [6.45, 7) is 7.17. The molecule has 0 aliphatic carbocycles. The van der Waals surface area contributed by atoms with Crippen LogP contribution in [-0.4, -0.2) is 12.2 Å². The summed E-state index contributed by atoms with van der Waals surface area (Å²) >= 11 is 0. The third kappa shape index (κ3) is 7.82. The minimum Gasteiger partial charge on any atom is -0.120 e. The zero-order valence-electron chi connectivity index (χ0n) is 10.4. The Hall–Kier alpha value is -1.38. The molecule has 2 atom stereocenters. The van der Waals surface area contributed by atoms with Crippen LogP contribution in [0.15, 0.2) is 25.3 Å². The zero-order valence-corrected chi connectivity index (χ0v) is 11.3. The van der Waals surface area contributed by atoms with Crippen molar-refractivity contribution >= 4 is 8.25 Å². The molecule has 0 heterocycles. The number of hydrogen-bond donors (Lipinski definition) is 0. The Balaban J connectivity index is 4.28. The first-order valence-corrected chi connectivity index (χ1v) is 6.67. The smallest absolute Gasteiger partial charge is 0.120 e. The van der Waals surface area contributed by atoms with Crippen LogP contribution in [0.2, 0.25) is 0 Å². The van der Waals surface area contributed by atoms with E-state index in [1.165, 1.54) is 0 Å². The van der Waals surface area contributed by atoms with Gasteiger partial charge in [-0.05, 0) is 12.8 Å². The minimum absolute atomic E-state index is 0.341. The van der Waals surface area contributed by atoms with Crippen LogP contribution in [0.4, 0.5) is 0 Å². The Morgan fingerprint density at radius 1 is 1.06 bits per heavy atom. The summed E-state index contributed by atoms with van der Waals surface area (Å²) in [4.78, 5) is 0. The van der Waals surface area contributed by atoms with Crippen LogP contribution in [-0.2, 0) is 13.6 Å². The molecule has 0 aromatic rings. The molecule has 4 heteroatoms. The van der Waals surface area contributed by atoms with Gasteiger partial charge in [0.15, 0.2) is 0 Å². The third-order valence-corrected chi connectivity index (χ3v) is 2.96. The molecule has 2 unspecified atom stereocenters. The lowest BCUT2D eigenvalue weighted by Gasteiger charge is -2.06. The van der Waals surface area contributed by atoms with Gasteiger partial charge in [-0.1, -0.05) is 12.2 Å². The molecule has 0 rings (SSSR count). The topological polar surface area (TPSA) is 35.5 Å². The number of hydrogen-bond acceptors (Lipinski definition) is 3. The molecule has 96 valence electrons. The number of terminal acetylenes is 2. The molecule has 3 nitrogen and oxygen atoms in total. The fourth-order valence-electron chi connectivity index (χ4n) is 1.23. The van der Waals surface area contributed by atoms with Crippen molar-refractivity contribution in [2.24, 2.45) is 0 Å². The molecule has 0 saturated heterocycles. The van der Waals surface area contributed by atoms with Crippen molar-refractivity contribution in [1.29, 1.82) is 0 Å². The molecule has 0 saturated carbocycles. The van der Waals surface area contributed by atoms with Crippen molar-refractivity contribution in [2.75, 3.05) is 0 Å². The fourth-order valence-corrected chi connectivity index (χ4v) is 2.09. The van der Waals surface area contributed by atoms with Crippen molar-refractivity contribution in [2.45, 2.75) is 37.9 Å². The molecule has 0 aliphatic rings. The van der Waals surface area contributed by atoms with Gasteiger partial charge in [-0.2, -0.15) is 0 Å². The van der Waals surface area contributed by atoms with Gasteiger partial charge in [0.25, 0.3) is 0 Å². The summed E-state index contributed by atoms with van der Waals surface area (Å²) in [5.41, 5.74) is 0. The maximum atomic E-state index is 11.7.